The lowest BCUT2D eigenvalue weighted by Gasteiger charge is -2.32. The molecule has 0 aliphatic carbocycles. The summed E-state index contributed by atoms with van der Waals surface area (Å²) in [5, 5.41) is 3.58. The third kappa shape index (κ3) is 7.73. The third-order valence-electron chi connectivity index (χ3n) is 13.5. The van der Waals surface area contributed by atoms with Crippen molar-refractivity contribution in [1.29, 1.82) is 0 Å². The Morgan fingerprint density at radius 2 is 0.667 bits per heavy atom. The largest absolute Gasteiger partial charge is 0.307 e. The van der Waals surface area contributed by atoms with Crippen LogP contribution in [-0.2, 0) is 0 Å². The highest BCUT2D eigenvalue weighted by molar-refractivity contribution is 6.28. The summed E-state index contributed by atoms with van der Waals surface area (Å²) in [6, 6.07) is 45.4. The van der Waals surface area contributed by atoms with Crippen molar-refractivity contribution in [3.8, 4) is 44.5 Å². The minimum atomic E-state index is -0.710. The van der Waals surface area contributed by atoms with Crippen molar-refractivity contribution in [1.82, 2.24) is 0 Å². The molecule has 0 unspecified atom stereocenters. The molecule has 72 heavy (non-hydrogen) atoms. The van der Waals surface area contributed by atoms with Crippen LogP contribution in [0.25, 0.3) is 76.8 Å². The van der Waals surface area contributed by atoms with Crippen LogP contribution in [0.4, 0.5) is 42.9 Å². The summed E-state index contributed by atoms with van der Waals surface area (Å²) in [4.78, 5) is 2.89. The van der Waals surface area contributed by atoms with E-state index in [4.69, 9.17) is 8.22 Å². The van der Waals surface area contributed by atoms with Crippen molar-refractivity contribution in [2.24, 2.45) is 0 Å². The predicted octanol–water partition coefficient (Wildman–Crippen LogP) is 19.7. The van der Waals surface area contributed by atoms with Crippen LogP contribution in [0.2, 0.25) is 0 Å². The molecule has 0 aliphatic rings. The van der Waals surface area contributed by atoms with Crippen LogP contribution in [0, 0.1) is 39.3 Å². The lowest BCUT2D eigenvalue weighted by atomic mass is 9.90. The molecule has 0 saturated heterocycles. The number of benzene rings is 12. The summed E-state index contributed by atoms with van der Waals surface area (Å²) < 4.78 is 129. The fraction of sp³-hybridized carbons (Fsp3) is 0.0588. The molecule has 12 rings (SSSR count). The van der Waals surface area contributed by atoms with Crippen molar-refractivity contribution in [2.45, 2.75) is 27.7 Å². The van der Waals surface area contributed by atoms with Gasteiger partial charge < -0.3 is 9.80 Å². The number of nitrogens with zero attached hydrogens (tertiary/aromatic N) is 2. The summed E-state index contributed by atoms with van der Waals surface area (Å²) in [6.45, 7) is 7.65. The first-order chi connectivity index (χ1) is 39.3. The van der Waals surface area contributed by atoms with Gasteiger partial charge in [0, 0.05) is 44.4 Å². The summed E-state index contributed by atoms with van der Waals surface area (Å²) in [5.41, 5.74) is 6.86. The highest BCUT2D eigenvalue weighted by Gasteiger charge is 2.29. The summed E-state index contributed by atoms with van der Waals surface area (Å²) >= 11 is 0. The first-order valence-electron chi connectivity index (χ1n) is 28.7. The van der Waals surface area contributed by atoms with E-state index in [1.165, 1.54) is 9.80 Å². The molecule has 0 aliphatic heterocycles. The van der Waals surface area contributed by atoms with E-state index in [0.717, 1.165) is 22.3 Å². The third-order valence-corrected chi connectivity index (χ3v) is 13.5. The van der Waals surface area contributed by atoms with E-state index in [1.807, 2.05) is 149 Å². The van der Waals surface area contributed by atoms with E-state index < -0.39 is 72.1 Å². The summed E-state index contributed by atoms with van der Waals surface area (Å²) in [6.07, 6.45) is 0. The molecule has 0 bridgehead atoms. The van der Waals surface area contributed by atoms with Crippen molar-refractivity contribution < 1.29 is 22.5 Å². The van der Waals surface area contributed by atoms with Gasteiger partial charge in [0.05, 0.1) is 36.5 Å². The van der Waals surface area contributed by atoms with Crippen LogP contribution in [0.15, 0.2) is 230 Å². The molecule has 0 saturated carbocycles. The first-order valence-corrected chi connectivity index (χ1v) is 23.7. The van der Waals surface area contributed by atoms with Crippen molar-refractivity contribution in [3.05, 3.63) is 264 Å². The predicted molar refractivity (Wildman–Crippen MR) is 300 cm³/mol. The lowest BCUT2D eigenvalue weighted by Crippen LogP contribution is -2.15. The zero-order valence-corrected chi connectivity index (χ0v) is 39.8. The highest BCUT2D eigenvalue weighted by Crippen LogP contribution is 2.52. The molecule has 0 atom stereocenters. The van der Waals surface area contributed by atoms with E-state index in [-0.39, 0.29) is 45.3 Å². The van der Waals surface area contributed by atoms with Crippen LogP contribution in [-0.4, -0.2) is 0 Å². The molecule has 0 heterocycles. The van der Waals surface area contributed by atoms with E-state index in [0.29, 0.717) is 65.7 Å². The maximum absolute atomic E-state index is 18.7. The molecule has 0 fully saturated rings. The average Bonchev–Trinajstić information content (AvgIpc) is 3.61. The van der Waals surface area contributed by atoms with Gasteiger partial charge >= 0.3 is 0 Å². The maximum atomic E-state index is 18.7. The van der Waals surface area contributed by atoms with Gasteiger partial charge in [-0.15, -0.1) is 0 Å². The van der Waals surface area contributed by atoms with E-state index >= 15 is 8.78 Å². The normalized spacial score (nSPS) is 13.4. The van der Waals surface area contributed by atoms with Gasteiger partial charge in [-0.2, -0.15) is 0 Å². The van der Waals surface area contributed by atoms with E-state index in [1.54, 1.807) is 48.5 Å². The smallest absolute Gasteiger partial charge is 0.155 e. The molecular formula is C68H50F2N2. The molecule has 0 amide bonds. The molecule has 346 valence electrons. The Bertz CT molecular complexity index is 4290. The Hall–Kier alpha value is -8.86. The monoisotopic (exact) mass is 942 g/mol. The molecule has 0 radical (unpaired) electrons. The average molecular weight is 943 g/mol. The zero-order chi connectivity index (χ0) is 57.7. The number of hydrogen-bond donors (Lipinski definition) is 0. The van der Waals surface area contributed by atoms with Gasteiger partial charge in [0.1, 0.15) is 0 Å². The molecule has 4 heteroatoms. The van der Waals surface area contributed by atoms with Gasteiger partial charge in [-0.1, -0.05) is 216 Å². The number of halogens is 2. The maximum Gasteiger partial charge on any atom is 0.155 e. The molecule has 12 aromatic carbocycles. The fourth-order valence-corrected chi connectivity index (χ4v) is 10.3. The van der Waals surface area contributed by atoms with Gasteiger partial charge in [-0.05, 0) is 108 Å². The standard InChI is InChI=1S/C68H50F2N2/c1-43-15-11-19-49(39-43)55-33-35-57(51-21-13-17-45(3)41-51)67(65(55)69)71(53-23-7-5-8-24-53)61-37-29-47-28-32-60-62(38-30-48-27-31-59(61)63(47)64(48)60)72(54-25-9-6-10-26-54)68-58(52-22-14-18-46(4)42-52)36-34-56(66(68)70)50-20-12-16-44(2)40-50/h5-42H,1-4H3/i5D,6D,7D,8D,9D,10D,23D,24D,25D,26D. The quantitative estimate of drug-likeness (QED) is 0.126. The van der Waals surface area contributed by atoms with Gasteiger partial charge in [-0.25, -0.2) is 8.78 Å². The molecule has 0 spiro atoms. The topological polar surface area (TPSA) is 6.48 Å². The zero-order valence-electron chi connectivity index (χ0n) is 49.8. The SMILES string of the molecule is [2H]c1c([2H])c([2H])c(N(c2c(-c3cccc(C)c3)ccc(-c3cccc(C)c3)c2F)c2ccc3ccc4c(N(c5c([2H])c([2H])c([2H])c([2H])c5[2H])c5c(-c6cccc(C)c6)ccc(-c6cccc(C)c6)c5F)ccc5ccc2c3c54)c([2H])c1[2H]. The van der Waals surface area contributed by atoms with Crippen LogP contribution in [0.1, 0.15) is 36.0 Å². The number of para-hydroxylation sites is 2. The Balaban J connectivity index is 1.22. The Labute approximate surface area is 433 Å². The number of hydrogen-bond acceptors (Lipinski definition) is 2. The highest BCUT2D eigenvalue weighted by atomic mass is 19.1. The van der Waals surface area contributed by atoms with Crippen molar-refractivity contribution in [3.63, 3.8) is 0 Å². The molecule has 0 N–H and O–H groups in total. The second kappa shape index (κ2) is 18.1. The fourth-order valence-electron chi connectivity index (χ4n) is 10.3. The van der Waals surface area contributed by atoms with Gasteiger partial charge in [-0.3, -0.25) is 0 Å². The minimum absolute atomic E-state index is 0.0705. The number of rotatable bonds is 10. The van der Waals surface area contributed by atoms with Gasteiger partial charge in [0.25, 0.3) is 0 Å². The van der Waals surface area contributed by atoms with E-state index in [9.17, 15) is 5.48 Å². The Morgan fingerprint density at radius 1 is 0.347 bits per heavy atom. The van der Waals surface area contributed by atoms with Crippen LogP contribution in [0.3, 0.4) is 0 Å². The first kappa shape index (κ1) is 34.4. The number of aryl methyl sites for hydroxylation is 4. The second-order valence-corrected chi connectivity index (χ2v) is 18.3. The summed E-state index contributed by atoms with van der Waals surface area (Å²) in [7, 11) is 0. The van der Waals surface area contributed by atoms with E-state index in [2.05, 4.69) is 0 Å². The minimum Gasteiger partial charge on any atom is -0.307 e. The van der Waals surface area contributed by atoms with Crippen molar-refractivity contribution >= 4 is 66.4 Å². The van der Waals surface area contributed by atoms with Gasteiger partial charge in [0.2, 0.25) is 0 Å². The van der Waals surface area contributed by atoms with Crippen LogP contribution < -0.4 is 9.80 Å². The van der Waals surface area contributed by atoms with Crippen molar-refractivity contribution in [2.75, 3.05) is 9.80 Å². The Kier molecular flexibility index (Phi) is 8.68. The molecule has 12 aromatic rings. The van der Waals surface area contributed by atoms with Gasteiger partial charge in [0.15, 0.2) is 11.6 Å². The molecule has 0 aromatic heterocycles. The Morgan fingerprint density at radius 3 is 1.01 bits per heavy atom. The lowest BCUT2D eigenvalue weighted by molar-refractivity contribution is 0.632. The number of anilines is 6. The van der Waals surface area contributed by atoms with Crippen LogP contribution in [0.5, 0.6) is 0 Å². The second-order valence-electron chi connectivity index (χ2n) is 18.3. The molecule has 2 nitrogen and oxygen atoms in total. The molecular weight excluding hydrogens is 883 g/mol. The van der Waals surface area contributed by atoms with Crippen LogP contribution >= 0.6 is 0 Å². The summed E-state index contributed by atoms with van der Waals surface area (Å²) in [5.74, 6) is -1.42.